The fraction of sp³-hybridized carbons (Fsp3) is 0. The molecule has 0 atom stereocenters. The summed E-state index contributed by atoms with van der Waals surface area (Å²) < 4.78 is 11.4. The molecular weight excluding hydrogens is 548 g/mol. The molecule has 7 aromatic carbocycles. The lowest BCUT2D eigenvalue weighted by atomic mass is 10.1. The number of benzene rings is 7. The highest BCUT2D eigenvalue weighted by Crippen LogP contribution is 2.41. The molecule has 0 unspecified atom stereocenters. The topological polar surface area (TPSA) is 23.0 Å². The molecule has 0 aliphatic carbocycles. The molecule has 3 nitrogen and oxygen atoms in total. The summed E-state index contributed by atoms with van der Waals surface area (Å²) in [5, 5.41) is 7.20. The molecule has 210 valence electrons. The number of hydrogen-bond donors (Lipinski definition) is 0. The van der Waals surface area contributed by atoms with Gasteiger partial charge in [0, 0.05) is 55.8 Å². The van der Waals surface area contributed by atoms with Gasteiger partial charge in [0.25, 0.3) is 0 Å². The number of nitrogens with zero attached hydrogens (tertiary/aromatic N) is 2. The van der Waals surface area contributed by atoms with Gasteiger partial charge in [-0.25, -0.2) is 0 Å². The van der Waals surface area contributed by atoms with E-state index in [1.807, 2.05) is 0 Å². The number of fused-ring (bicyclic) bond motifs is 9. The summed E-state index contributed by atoms with van der Waals surface area (Å²) in [5.41, 5.74) is 11.2. The van der Waals surface area contributed by atoms with E-state index in [0.29, 0.717) is 0 Å². The predicted octanol–water partition coefficient (Wildman–Crippen LogP) is 11.4. The van der Waals surface area contributed by atoms with E-state index < -0.39 is 0 Å². The smallest absolute Gasteiger partial charge is 0.137 e. The molecule has 3 heterocycles. The number of furan rings is 1. The van der Waals surface area contributed by atoms with Crippen LogP contribution in [0.25, 0.3) is 88.1 Å². The van der Waals surface area contributed by atoms with E-state index in [9.17, 15) is 0 Å². The van der Waals surface area contributed by atoms with Crippen molar-refractivity contribution in [3.8, 4) is 22.5 Å². The Labute approximate surface area is 258 Å². The van der Waals surface area contributed by atoms with E-state index >= 15 is 0 Å². The van der Waals surface area contributed by atoms with E-state index in [2.05, 4.69) is 167 Å². The molecule has 0 spiro atoms. The summed E-state index contributed by atoms with van der Waals surface area (Å²) in [6.45, 7) is 0. The van der Waals surface area contributed by atoms with Gasteiger partial charge < -0.3 is 13.6 Å². The molecule has 3 heteroatoms. The van der Waals surface area contributed by atoms with Crippen LogP contribution in [0.4, 0.5) is 0 Å². The molecular formula is C42H26N2O. The van der Waals surface area contributed by atoms with E-state index in [1.54, 1.807) is 0 Å². The van der Waals surface area contributed by atoms with Crippen LogP contribution < -0.4 is 0 Å². The van der Waals surface area contributed by atoms with Gasteiger partial charge in [0.05, 0.1) is 22.1 Å². The van der Waals surface area contributed by atoms with Gasteiger partial charge >= 0.3 is 0 Å². The van der Waals surface area contributed by atoms with Crippen molar-refractivity contribution < 1.29 is 4.42 Å². The molecule has 0 amide bonds. The van der Waals surface area contributed by atoms with Crippen molar-refractivity contribution in [2.75, 3.05) is 0 Å². The highest BCUT2D eigenvalue weighted by Gasteiger charge is 2.19. The van der Waals surface area contributed by atoms with Crippen LogP contribution in [0.15, 0.2) is 162 Å². The minimum atomic E-state index is 0.894. The fourth-order valence-electron chi connectivity index (χ4n) is 7.27. The summed E-state index contributed by atoms with van der Waals surface area (Å²) in [5.74, 6) is 0. The Morgan fingerprint density at radius 1 is 0.311 bits per heavy atom. The zero-order valence-electron chi connectivity index (χ0n) is 24.3. The monoisotopic (exact) mass is 574 g/mol. The van der Waals surface area contributed by atoms with E-state index in [-0.39, 0.29) is 0 Å². The fourth-order valence-corrected chi connectivity index (χ4v) is 7.27. The van der Waals surface area contributed by atoms with Gasteiger partial charge in [-0.1, -0.05) is 97.1 Å². The second-order valence-electron chi connectivity index (χ2n) is 11.8. The lowest BCUT2D eigenvalue weighted by Gasteiger charge is -2.09. The van der Waals surface area contributed by atoms with Crippen LogP contribution in [-0.2, 0) is 0 Å². The van der Waals surface area contributed by atoms with Crippen LogP contribution in [0.3, 0.4) is 0 Å². The Bertz CT molecular complexity index is 2730. The Kier molecular flexibility index (Phi) is 5.00. The van der Waals surface area contributed by atoms with Gasteiger partial charge in [0.15, 0.2) is 0 Å². The minimum absolute atomic E-state index is 0.894. The quantitative estimate of drug-likeness (QED) is 0.206. The van der Waals surface area contributed by atoms with Crippen molar-refractivity contribution in [1.29, 1.82) is 0 Å². The average molecular weight is 575 g/mol. The number of hydrogen-bond acceptors (Lipinski definition) is 1. The lowest BCUT2D eigenvalue weighted by molar-refractivity contribution is 0.669. The third kappa shape index (κ3) is 3.52. The SMILES string of the molecule is c1ccc(-c2ccc(-n3c4ccccc4c4cc5c(cc43)oc3cc4c(cc35)c3ccccc3n4-c3ccccc3)cc2)cc1. The minimum Gasteiger partial charge on any atom is -0.456 e. The van der Waals surface area contributed by atoms with Gasteiger partial charge in [-0.05, 0) is 59.7 Å². The highest BCUT2D eigenvalue weighted by atomic mass is 16.3. The summed E-state index contributed by atoms with van der Waals surface area (Å²) in [6.07, 6.45) is 0. The standard InChI is InChI=1S/C42H26N2O/c1-3-11-27(12-4-1)28-19-21-30(22-20-28)44-38-18-10-8-16-32(38)34-24-36-35-23-33-31-15-7-9-17-37(31)43(29-13-5-2-6-14-29)39(33)25-41(35)45-42(36)26-40(34)44/h1-26H. The Morgan fingerprint density at radius 2 is 0.756 bits per heavy atom. The third-order valence-electron chi connectivity index (χ3n) is 9.30. The summed E-state index contributed by atoms with van der Waals surface area (Å²) in [7, 11) is 0. The third-order valence-corrected chi connectivity index (χ3v) is 9.30. The second-order valence-corrected chi connectivity index (χ2v) is 11.8. The van der Waals surface area contributed by atoms with Gasteiger partial charge in [0.1, 0.15) is 11.2 Å². The zero-order chi connectivity index (χ0) is 29.5. The molecule has 0 aliphatic rings. The average Bonchev–Trinajstić information content (AvgIpc) is 3.73. The van der Waals surface area contributed by atoms with E-state index in [0.717, 1.165) is 44.3 Å². The first-order chi connectivity index (χ1) is 22.3. The first kappa shape index (κ1) is 24.4. The van der Waals surface area contributed by atoms with Gasteiger partial charge in [-0.15, -0.1) is 0 Å². The van der Waals surface area contributed by atoms with Crippen LogP contribution in [-0.4, -0.2) is 9.13 Å². The van der Waals surface area contributed by atoms with Crippen LogP contribution in [0.1, 0.15) is 0 Å². The van der Waals surface area contributed by atoms with Gasteiger partial charge in [0.2, 0.25) is 0 Å². The first-order valence-electron chi connectivity index (χ1n) is 15.4. The van der Waals surface area contributed by atoms with Crippen molar-refractivity contribution in [1.82, 2.24) is 9.13 Å². The predicted molar refractivity (Wildman–Crippen MR) is 188 cm³/mol. The molecule has 0 aliphatic heterocycles. The Hall–Kier alpha value is -6.06. The molecule has 0 N–H and O–H groups in total. The number of para-hydroxylation sites is 3. The molecule has 0 saturated heterocycles. The van der Waals surface area contributed by atoms with Gasteiger partial charge in [-0.2, -0.15) is 0 Å². The molecule has 3 aromatic heterocycles. The molecule has 0 saturated carbocycles. The number of rotatable bonds is 3. The second kappa shape index (κ2) is 9.22. The molecule has 45 heavy (non-hydrogen) atoms. The van der Waals surface area contributed by atoms with Crippen LogP contribution >= 0.6 is 0 Å². The molecule has 10 rings (SSSR count). The van der Waals surface area contributed by atoms with Crippen molar-refractivity contribution in [3.63, 3.8) is 0 Å². The Morgan fingerprint density at radius 3 is 1.31 bits per heavy atom. The maximum atomic E-state index is 6.69. The summed E-state index contributed by atoms with van der Waals surface area (Å²) in [4.78, 5) is 0. The Balaban J connectivity index is 1.23. The zero-order valence-corrected chi connectivity index (χ0v) is 24.3. The van der Waals surface area contributed by atoms with E-state index in [4.69, 9.17) is 4.42 Å². The van der Waals surface area contributed by atoms with Crippen LogP contribution in [0, 0.1) is 0 Å². The normalized spacial score (nSPS) is 12.0. The van der Waals surface area contributed by atoms with Crippen molar-refractivity contribution >= 4 is 65.6 Å². The highest BCUT2D eigenvalue weighted by molar-refractivity contribution is 6.21. The molecule has 10 aromatic rings. The van der Waals surface area contributed by atoms with Crippen LogP contribution in [0.2, 0.25) is 0 Å². The first-order valence-corrected chi connectivity index (χ1v) is 15.4. The van der Waals surface area contributed by atoms with E-state index in [1.165, 1.54) is 43.7 Å². The number of aromatic nitrogens is 2. The van der Waals surface area contributed by atoms with Crippen molar-refractivity contribution in [2.24, 2.45) is 0 Å². The molecule has 0 radical (unpaired) electrons. The largest absolute Gasteiger partial charge is 0.456 e. The molecule has 0 fully saturated rings. The lowest BCUT2D eigenvalue weighted by Crippen LogP contribution is -1.93. The maximum Gasteiger partial charge on any atom is 0.137 e. The maximum absolute atomic E-state index is 6.69. The molecule has 0 bridgehead atoms. The van der Waals surface area contributed by atoms with Crippen LogP contribution in [0.5, 0.6) is 0 Å². The summed E-state index contributed by atoms with van der Waals surface area (Å²) >= 11 is 0. The summed E-state index contributed by atoms with van der Waals surface area (Å²) in [6, 6.07) is 56.4. The van der Waals surface area contributed by atoms with Crippen molar-refractivity contribution in [2.45, 2.75) is 0 Å². The van der Waals surface area contributed by atoms with Gasteiger partial charge in [-0.3, -0.25) is 0 Å². The van der Waals surface area contributed by atoms with Crippen molar-refractivity contribution in [3.05, 3.63) is 158 Å².